The van der Waals surface area contributed by atoms with Crippen molar-refractivity contribution < 1.29 is 0 Å². The Balaban J connectivity index is 2.86. The van der Waals surface area contributed by atoms with Gasteiger partial charge >= 0.3 is 0 Å². The number of hydrogen-bond donors (Lipinski definition) is 2. The molecule has 0 aromatic carbocycles. The van der Waals surface area contributed by atoms with Crippen LogP contribution >= 0.6 is 27.3 Å². The lowest BCUT2D eigenvalue weighted by Crippen LogP contribution is -2.33. The number of nitrogens with two attached hydrogens (primary N) is 1. The summed E-state index contributed by atoms with van der Waals surface area (Å²) in [5, 5.41) is 3.37. The van der Waals surface area contributed by atoms with Crippen molar-refractivity contribution in [3.8, 4) is 0 Å². The van der Waals surface area contributed by atoms with Gasteiger partial charge in [0.15, 0.2) is 0 Å². The molecule has 0 radical (unpaired) electrons. The minimum atomic E-state index is 0.367. The highest BCUT2D eigenvalue weighted by Crippen LogP contribution is 2.33. The van der Waals surface area contributed by atoms with E-state index in [4.69, 9.17) is 5.73 Å². The van der Waals surface area contributed by atoms with Gasteiger partial charge in [-0.05, 0) is 53.5 Å². The molecule has 0 fully saturated rings. The summed E-state index contributed by atoms with van der Waals surface area (Å²) in [5.74, 6) is 1.08. The van der Waals surface area contributed by atoms with Crippen LogP contribution in [0.4, 0.5) is 0 Å². The number of halogens is 1. The Bertz CT molecular complexity index is 299. The van der Waals surface area contributed by atoms with Crippen molar-refractivity contribution in [2.24, 2.45) is 17.6 Å². The van der Waals surface area contributed by atoms with E-state index < -0.39 is 0 Å². The Morgan fingerprint density at radius 3 is 2.47 bits per heavy atom. The van der Waals surface area contributed by atoms with Crippen LogP contribution in [0.3, 0.4) is 0 Å². The van der Waals surface area contributed by atoms with E-state index in [2.05, 4.69) is 47.2 Å². The zero-order chi connectivity index (χ0) is 11.4. The highest BCUT2D eigenvalue weighted by molar-refractivity contribution is 9.11. The van der Waals surface area contributed by atoms with Crippen molar-refractivity contribution in [1.29, 1.82) is 0 Å². The molecule has 2 nitrogen and oxygen atoms in total. The Morgan fingerprint density at radius 1 is 1.47 bits per heavy atom. The fourth-order valence-electron chi connectivity index (χ4n) is 1.86. The van der Waals surface area contributed by atoms with Gasteiger partial charge in [-0.25, -0.2) is 0 Å². The topological polar surface area (TPSA) is 38.0 Å². The summed E-state index contributed by atoms with van der Waals surface area (Å²) in [5.41, 5.74) is 5.85. The second-order valence-corrected chi connectivity index (χ2v) is 6.55. The minimum Gasteiger partial charge on any atom is -0.330 e. The Hall–Kier alpha value is 0.1000. The van der Waals surface area contributed by atoms with Crippen molar-refractivity contribution in [2.45, 2.75) is 19.9 Å². The highest BCUT2D eigenvalue weighted by Gasteiger charge is 2.24. The van der Waals surface area contributed by atoms with E-state index in [1.54, 1.807) is 11.3 Å². The largest absolute Gasteiger partial charge is 0.330 e. The number of hydrogen-bond acceptors (Lipinski definition) is 3. The number of rotatable bonds is 5. The first-order chi connectivity index (χ1) is 7.10. The predicted octanol–water partition coefficient (Wildman–Crippen LogP) is 3.00. The molecule has 1 rings (SSSR count). The first-order valence-corrected chi connectivity index (χ1v) is 6.83. The maximum Gasteiger partial charge on any atom is 0.0701 e. The van der Waals surface area contributed by atoms with Gasteiger partial charge in [0.2, 0.25) is 0 Å². The van der Waals surface area contributed by atoms with Crippen LogP contribution in [0.15, 0.2) is 15.9 Å². The molecule has 1 aromatic rings. The summed E-state index contributed by atoms with van der Waals surface area (Å²) in [7, 11) is 2.00. The van der Waals surface area contributed by atoms with E-state index in [1.165, 1.54) is 8.66 Å². The van der Waals surface area contributed by atoms with Crippen LogP contribution in [0.2, 0.25) is 0 Å². The summed E-state index contributed by atoms with van der Waals surface area (Å²) in [4.78, 5) is 1.36. The Labute approximate surface area is 104 Å². The fourth-order valence-corrected chi connectivity index (χ4v) is 3.47. The van der Waals surface area contributed by atoms with Crippen molar-refractivity contribution in [2.75, 3.05) is 13.6 Å². The van der Waals surface area contributed by atoms with Gasteiger partial charge in [-0.15, -0.1) is 11.3 Å². The molecule has 0 spiro atoms. The van der Waals surface area contributed by atoms with Gasteiger partial charge in [-0.1, -0.05) is 13.8 Å². The molecule has 2 atom stereocenters. The SMILES string of the molecule is CNC(c1ccc(Br)s1)C(CN)C(C)C. The summed E-state index contributed by atoms with van der Waals surface area (Å²) in [6, 6.07) is 4.63. The smallest absolute Gasteiger partial charge is 0.0701 e. The van der Waals surface area contributed by atoms with Gasteiger partial charge in [0.25, 0.3) is 0 Å². The van der Waals surface area contributed by atoms with Crippen LogP contribution in [0, 0.1) is 11.8 Å². The molecule has 0 aliphatic heterocycles. The lowest BCUT2D eigenvalue weighted by atomic mass is 9.88. The van der Waals surface area contributed by atoms with Crippen molar-refractivity contribution in [1.82, 2.24) is 5.32 Å². The maximum absolute atomic E-state index is 5.85. The van der Waals surface area contributed by atoms with Gasteiger partial charge in [-0.3, -0.25) is 0 Å². The minimum absolute atomic E-state index is 0.367. The normalized spacial score (nSPS) is 15.6. The zero-order valence-corrected chi connectivity index (χ0v) is 11.9. The third-order valence-electron chi connectivity index (χ3n) is 2.77. The zero-order valence-electron chi connectivity index (χ0n) is 9.46. The second kappa shape index (κ2) is 5.99. The molecule has 1 heterocycles. The maximum atomic E-state index is 5.85. The van der Waals surface area contributed by atoms with Gasteiger partial charge in [0, 0.05) is 10.9 Å². The quantitative estimate of drug-likeness (QED) is 0.875. The molecule has 3 N–H and O–H groups in total. The van der Waals surface area contributed by atoms with Crippen LogP contribution in [0.1, 0.15) is 24.8 Å². The van der Waals surface area contributed by atoms with E-state index in [-0.39, 0.29) is 0 Å². The van der Waals surface area contributed by atoms with Crippen LogP contribution in [-0.4, -0.2) is 13.6 Å². The number of nitrogens with one attached hydrogen (secondary N) is 1. The monoisotopic (exact) mass is 290 g/mol. The molecule has 0 bridgehead atoms. The first kappa shape index (κ1) is 13.2. The van der Waals surface area contributed by atoms with E-state index in [0.717, 1.165) is 6.54 Å². The standard InChI is InChI=1S/C11H19BrN2S/c1-7(2)8(6-13)11(14-3)9-4-5-10(12)15-9/h4-5,7-8,11,14H,6,13H2,1-3H3. The lowest BCUT2D eigenvalue weighted by Gasteiger charge is -2.28. The Morgan fingerprint density at radius 2 is 2.13 bits per heavy atom. The van der Waals surface area contributed by atoms with E-state index in [9.17, 15) is 0 Å². The highest BCUT2D eigenvalue weighted by atomic mass is 79.9. The summed E-state index contributed by atoms with van der Waals surface area (Å²) in [6.07, 6.45) is 0. The molecule has 15 heavy (non-hydrogen) atoms. The molecule has 2 unspecified atom stereocenters. The van der Waals surface area contributed by atoms with Crippen LogP contribution in [0.5, 0.6) is 0 Å². The molecular weight excluding hydrogens is 272 g/mol. The predicted molar refractivity (Wildman–Crippen MR) is 71.2 cm³/mol. The molecule has 0 saturated heterocycles. The average molecular weight is 291 g/mol. The fraction of sp³-hybridized carbons (Fsp3) is 0.636. The molecule has 1 aromatic heterocycles. The van der Waals surface area contributed by atoms with Gasteiger partial charge in [-0.2, -0.15) is 0 Å². The second-order valence-electron chi connectivity index (χ2n) is 4.05. The van der Waals surface area contributed by atoms with E-state index >= 15 is 0 Å². The van der Waals surface area contributed by atoms with Crippen LogP contribution < -0.4 is 11.1 Å². The van der Waals surface area contributed by atoms with Crippen LogP contribution in [-0.2, 0) is 0 Å². The van der Waals surface area contributed by atoms with Gasteiger partial charge in [0.05, 0.1) is 3.79 Å². The summed E-state index contributed by atoms with van der Waals surface area (Å²) < 4.78 is 1.18. The molecule has 86 valence electrons. The lowest BCUT2D eigenvalue weighted by molar-refractivity contribution is 0.302. The molecular formula is C11H19BrN2S. The molecule has 0 aliphatic rings. The van der Waals surface area contributed by atoms with Crippen molar-refractivity contribution in [3.63, 3.8) is 0 Å². The third-order valence-corrected chi connectivity index (χ3v) is 4.47. The van der Waals surface area contributed by atoms with Gasteiger partial charge in [0.1, 0.15) is 0 Å². The molecule has 0 saturated carbocycles. The van der Waals surface area contributed by atoms with Crippen LogP contribution in [0.25, 0.3) is 0 Å². The average Bonchev–Trinajstić information content (AvgIpc) is 2.60. The van der Waals surface area contributed by atoms with Crippen molar-refractivity contribution >= 4 is 27.3 Å². The third kappa shape index (κ3) is 3.28. The van der Waals surface area contributed by atoms with E-state index in [0.29, 0.717) is 17.9 Å². The molecule has 0 aliphatic carbocycles. The van der Waals surface area contributed by atoms with Crippen molar-refractivity contribution in [3.05, 3.63) is 20.8 Å². The summed E-state index contributed by atoms with van der Waals surface area (Å²) in [6.45, 7) is 5.17. The summed E-state index contributed by atoms with van der Waals surface area (Å²) >= 11 is 5.28. The first-order valence-electron chi connectivity index (χ1n) is 5.22. The molecule has 0 amide bonds. The molecule has 4 heteroatoms. The Kier molecular flexibility index (Phi) is 5.26. The van der Waals surface area contributed by atoms with Gasteiger partial charge < -0.3 is 11.1 Å². The van der Waals surface area contributed by atoms with E-state index in [1.807, 2.05) is 7.05 Å². The number of thiophene rings is 1.